The number of hydrogen-bond acceptors (Lipinski definition) is 4. The van der Waals surface area contributed by atoms with E-state index in [0.29, 0.717) is 12.0 Å². The Hall–Kier alpha value is -4.00. The van der Waals surface area contributed by atoms with Gasteiger partial charge in [0, 0.05) is 30.6 Å². The summed E-state index contributed by atoms with van der Waals surface area (Å²) in [6.45, 7) is 5.92. The van der Waals surface area contributed by atoms with E-state index in [0.717, 1.165) is 16.7 Å². The zero-order chi connectivity index (χ0) is 25.4. The first-order valence-corrected chi connectivity index (χ1v) is 11.7. The number of nitro benzene ring substituents is 1. The summed E-state index contributed by atoms with van der Waals surface area (Å²) in [7, 11) is 0. The molecule has 0 fully saturated rings. The maximum atomic E-state index is 13.7. The second-order valence-corrected chi connectivity index (χ2v) is 8.88. The molecule has 0 aliphatic heterocycles. The topological polar surface area (TPSA) is 92.6 Å². The second kappa shape index (κ2) is 11.9. The molecule has 0 aromatic heterocycles. The molecule has 0 bridgehead atoms. The van der Waals surface area contributed by atoms with Crippen molar-refractivity contribution >= 4 is 17.5 Å². The third kappa shape index (κ3) is 6.99. The van der Waals surface area contributed by atoms with Crippen molar-refractivity contribution in [3.63, 3.8) is 0 Å². The Bertz CT molecular complexity index is 1180. The zero-order valence-electron chi connectivity index (χ0n) is 20.3. The molecule has 182 valence electrons. The van der Waals surface area contributed by atoms with Crippen LogP contribution >= 0.6 is 0 Å². The van der Waals surface area contributed by atoms with Crippen molar-refractivity contribution in [3.8, 4) is 0 Å². The van der Waals surface area contributed by atoms with Gasteiger partial charge in [-0.1, -0.05) is 72.8 Å². The lowest BCUT2D eigenvalue weighted by Gasteiger charge is -2.32. The Balaban J connectivity index is 2.02. The van der Waals surface area contributed by atoms with Gasteiger partial charge in [0.15, 0.2) is 0 Å². The highest BCUT2D eigenvalue weighted by atomic mass is 16.6. The van der Waals surface area contributed by atoms with Crippen LogP contribution in [0.2, 0.25) is 0 Å². The lowest BCUT2D eigenvalue weighted by atomic mass is 10.00. The van der Waals surface area contributed by atoms with Crippen molar-refractivity contribution < 1.29 is 14.5 Å². The molecule has 0 heterocycles. The summed E-state index contributed by atoms with van der Waals surface area (Å²) in [6.07, 6.45) is 0.150. The van der Waals surface area contributed by atoms with E-state index in [4.69, 9.17) is 0 Å². The smallest absolute Gasteiger partial charge is 0.273 e. The minimum absolute atomic E-state index is 0.105. The Morgan fingerprint density at radius 3 is 2.14 bits per heavy atom. The molecule has 0 unspecified atom stereocenters. The van der Waals surface area contributed by atoms with Crippen LogP contribution in [0.25, 0.3) is 0 Å². The monoisotopic (exact) mass is 473 g/mol. The molecule has 3 rings (SSSR count). The lowest BCUT2D eigenvalue weighted by Crippen LogP contribution is -2.52. The van der Waals surface area contributed by atoms with Crippen molar-refractivity contribution in [2.75, 3.05) is 0 Å². The molecule has 1 atom stereocenters. The summed E-state index contributed by atoms with van der Waals surface area (Å²) < 4.78 is 0. The standard InChI is InChI=1S/C28H31N3O4/c1-20(2)29-28(33)26(17-22-12-5-4-6-13-22)30(19-24-15-8-7-11-21(24)3)27(32)18-23-14-9-10-16-25(23)31(34)35/h4-16,20,26H,17-19H2,1-3H3,(H,29,33)/t26-/m1/s1. The Morgan fingerprint density at radius 2 is 1.51 bits per heavy atom. The number of nitrogens with one attached hydrogen (secondary N) is 1. The van der Waals surface area contributed by atoms with Crippen LogP contribution in [0.3, 0.4) is 0 Å². The first-order valence-electron chi connectivity index (χ1n) is 11.7. The largest absolute Gasteiger partial charge is 0.352 e. The van der Waals surface area contributed by atoms with Crippen LogP contribution in [0.5, 0.6) is 0 Å². The van der Waals surface area contributed by atoms with Gasteiger partial charge in [0.1, 0.15) is 6.04 Å². The molecule has 0 saturated carbocycles. The number of hydrogen-bond donors (Lipinski definition) is 1. The summed E-state index contributed by atoms with van der Waals surface area (Å²) in [6, 6.07) is 22.6. The fraction of sp³-hybridized carbons (Fsp3) is 0.286. The quantitative estimate of drug-likeness (QED) is 0.344. The van der Waals surface area contributed by atoms with Gasteiger partial charge in [0.05, 0.1) is 11.3 Å². The first kappa shape index (κ1) is 25.6. The lowest BCUT2D eigenvalue weighted by molar-refractivity contribution is -0.385. The highest BCUT2D eigenvalue weighted by molar-refractivity contribution is 5.89. The van der Waals surface area contributed by atoms with Crippen LogP contribution in [0.15, 0.2) is 78.9 Å². The molecular weight excluding hydrogens is 442 g/mol. The number of rotatable bonds is 10. The van der Waals surface area contributed by atoms with Crippen LogP contribution in [0, 0.1) is 17.0 Å². The van der Waals surface area contributed by atoms with Gasteiger partial charge in [0.2, 0.25) is 11.8 Å². The van der Waals surface area contributed by atoms with E-state index in [1.807, 2.05) is 75.4 Å². The van der Waals surface area contributed by atoms with Crippen molar-refractivity contribution in [1.29, 1.82) is 0 Å². The molecule has 7 heteroatoms. The van der Waals surface area contributed by atoms with Crippen LogP contribution in [-0.4, -0.2) is 33.7 Å². The van der Waals surface area contributed by atoms with Gasteiger partial charge in [-0.15, -0.1) is 0 Å². The first-order chi connectivity index (χ1) is 16.8. The van der Waals surface area contributed by atoms with E-state index in [2.05, 4.69) is 5.32 Å². The third-order valence-corrected chi connectivity index (χ3v) is 5.83. The van der Waals surface area contributed by atoms with Gasteiger partial charge < -0.3 is 10.2 Å². The van der Waals surface area contributed by atoms with E-state index in [1.54, 1.807) is 23.1 Å². The molecule has 1 N–H and O–H groups in total. The molecule has 3 aromatic carbocycles. The summed E-state index contributed by atoms with van der Waals surface area (Å²) in [5.41, 5.74) is 3.05. The average Bonchev–Trinajstić information content (AvgIpc) is 2.82. The number of amides is 2. The van der Waals surface area contributed by atoms with Gasteiger partial charge in [-0.3, -0.25) is 19.7 Å². The number of nitro groups is 1. The van der Waals surface area contributed by atoms with Crippen molar-refractivity contribution in [2.24, 2.45) is 0 Å². The van der Waals surface area contributed by atoms with Crippen molar-refractivity contribution in [3.05, 3.63) is 111 Å². The fourth-order valence-corrected chi connectivity index (χ4v) is 4.01. The molecule has 35 heavy (non-hydrogen) atoms. The van der Waals surface area contributed by atoms with E-state index in [-0.39, 0.29) is 36.5 Å². The van der Waals surface area contributed by atoms with Gasteiger partial charge in [0.25, 0.3) is 5.69 Å². The average molecular weight is 474 g/mol. The van der Waals surface area contributed by atoms with Gasteiger partial charge in [-0.05, 0) is 37.5 Å². The van der Waals surface area contributed by atoms with Crippen molar-refractivity contribution in [1.82, 2.24) is 10.2 Å². The van der Waals surface area contributed by atoms with Crippen LogP contribution < -0.4 is 5.32 Å². The maximum Gasteiger partial charge on any atom is 0.273 e. The molecule has 3 aromatic rings. The summed E-state index contributed by atoms with van der Waals surface area (Å²) in [5.74, 6) is -0.601. The van der Waals surface area contributed by atoms with Gasteiger partial charge in [-0.2, -0.15) is 0 Å². The zero-order valence-corrected chi connectivity index (χ0v) is 20.3. The molecule has 0 aliphatic carbocycles. The predicted molar refractivity (Wildman–Crippen MR) is 136 cm³/mol. The SMILES string of the molecule is Cc1ccccc1CN(C(=O)Cc1ccccc1[N+](=O)[O-])[C@H](Cc1ccccc1)C(=O)NC(C)C. The molecule has 7 nitrogen and oxygen atoms in total. The molecule has 0 spiro atoms. The molecule has 0 saturated heterocycles. The number of nitrogens with zero attached hydrogens (tertiary/aromatic N) is 2. The highest BCUT2D eigenvalue weighted by Crippen LogP contribution is 2.22. The minimum Gasteiger partial charge on any atom is -0.352 e. The normalized spacial score (nSPS) is 11.7. The van der Waals surface area contributed by atoms with Gasteiger partial charge >= 0.3 is 0 Å². The molecule has 0 radical (unpaired) electrons. The maximum absolute atomic E-state index is 13.7. The van der Waals surface area contributed by atoms with Crippen LogP contribution in [0.4, 0.5) is 5.69 Å². The minimum atomic E-state index is -0.783. The Labute approximate surface area is 205 Å². The number of benzene rings is 3. The third-order valence-electron chi connectivity index (χ3n) is 5.83. The molecular formula is C28H31N3O4. The van der Waals surface area contributed by atoms with Crippen LogP contribution in [0.1, 0.15) is 36.1 Å². The van der Waals surface area contributed by atoms with Gasteiger partial charge in [-0.25, -0.2) is 0 Å². The van der Waals surface area contributed by atoms with E-state index >= 15 is 0 Å². The summed E-state index contributed by atoms with van der Waals surface area (Å²) in [4.78, 5) is 39.7. The Kier molecular flexibility index (Phi) is 8.73. The number of carbonyl (C=O) groups is 2. The van der Waals surface area contributed by atoms with E-state index in [1.165, 1.54) is 6.07 Å². The summed E-state index contributed by atoms with van der Waals surface area (Å²) >= 11 is 0. The van der Waals surface area contributed by atoms with E-state index < -0.39 is 11.0 Å². The summed E-state index contributed by atoms with van der Waals surface area (Å²) in [5, 5.41) is 14.5. The number of carbonyl (C=O) groups excluding carboxylic acids is 2. The van der Waals surface area contributed by atoms with Crippen molar-refractivity contribution in [2.45, 2.75) is 52.2 Å². The van der Waals surface area contributed by atoms with Crippen LogP contribution in [-0.2, 0) is 29.0 Å². The number of aryl methyl sites for hydroxylation is 1. The molecule has 2 amide bonds. The predicted octanol–water partition coefficient (Wildman–Crippen LogP) is 4.61. The second-order valence-electron chi connectivity index (χ2n) is 8.88. The Morgan fingerprint density at radius 1 is 0.914 bits per heavy atom. The number of para-hydroxylation sites is 1. The van der Waals surface area contributed by atoms with E-state index in [9.17, 15) is 19.7 Å². The molecule has 0 aliphatic rings. The fourth-order valence-electron chi connectivity index (χ4n) is 4.01. The highest BCUT2D eigenvalue weighted by Gasteiger charge is 2.32.